The van der Waals surface area contributed by atoms with E-state index in [2.05, 4.69) is 15.3 Å². The molecule has 0 aliphatic carbocycles. The minimum atomic E-state index is -0.699. The van der Waals surface area contributed by atoms with E-state index in [1.807, 2.05) is 23.8 Å². The number of amides is 1. The molecule has 0 aliphatic heterocycles. The number of carbonyl (C=O) groups is 1. The first-order chi connectivity index (χ1) is 12.0. The summed E-state index contributed by atoms with van der Waals surface area (Å²) in [5.74, 6) is 1.75. The van der Waals surface area contributed by atoms with Gasteiger partial charge in [-0.2, -0.15) is 0 Å². The molecule has 128 valence electrons. The van der Waals surface area contributed by atoms with Gasteiger partial charge in [-0.25, -0.2) is 9.97 Å². The molecule has 0 bridgehead atoms. The molecule has 3 aromatic rings. The Bertz CT molecular complexity index is 877. The largest absolute Gasteiger partial charge is 0.479 e. The van der Waals surface area contributed by atoms with Gasteiger partial charge in [-0.1, -0.05) is 23.7 Å². The Kier molecular flexibility index (Phi) is 5.00. The third kappa shape index (κ3) is 3.97. The number of imidazole rings is 1. The Morgan fingerprint density at radius 2 is 2.04 bits per heavy atom. The van der Waals surface area contributed by atoms with Gasteiger partial charge in [-0.05, 0) is 38.1 Å². The Morgan fingerprint density at radius 1 is 1.24 bits per heavy atom. The summed E-state index contributed by atoms with van der Waals surface area (Å²) in [6, 6.07) is 10.6. The van der Waals surface area contributed by atoms with E-state index in [1.165, 1.54) is 0 Å². The molecule has 0 aliphatic rings. The molecule has 25 heavy (non-hydrogen) atoms. The maximum atomic E-state index is 12.3. The molecule has 0 saturated heterocycles. The number of aryl methyl sites for hydroxylation is 1. The van der Waals surface area contributed by atoms with E-state index in [1.54, 1.807) is 49.6 Å². The maximum absolute atomic E-state index is 12.3. The number of rotatable bonds is 5. The minimum Gasteiger partial charge on any atom is -0.479 e. The number of benzene rings is 1. The van der Waals surface area contributed by atoms with Gasteiger partial charge in [0, 0.05) is 12.4 Å². The fourth-order valence-corrected chi connectivity index (χ4v) is 2.43. The van der Waals surface area contributed by atoms with Gasteiger partial charge in [0.25, 0.3) is 5.91 Å². The summed E-state index contributed by atoms with van der Waals surface area (Å²) in [5, 5.41) is 3.24. The van der Waals surface area contributed by atoms with Crippen molar-refractivity contribution in [1.82, 2.24) is 14.5 Å². The van der Waals surface area contributed by atoms with Crippen molar-refractivity contribution in [3.05, 3.63) is 65.8 Å². The van der Waals surface area contributed by atoms with Gasteiger partial charge in [0.15, 0.2) is 6.10 Å². The molecule has 1 aromatic carbocycles. The van der Waals surface area contributed by atoms with Gasteiger partial charge in [0.1, 0.15) is 17.4 Å². The lowest BCUT2D eigenvalue weighted by molar-refractivity contribution is -0.122. The lowest BCUT2D eigenvalue weighted by atomic mass is 10.3. The van der Waals surface area contributed by atoms with Crippen LogP contribution in [0.2, 0.25) is 5.02 Å². The second kappa shape index (κ2) is 7.36. The third-order valence-electron chi connectivity index (χ3n) is 3.60. The van der Waals surface area contributed by atoms with E-state index in [0.717, 1.165) is 11.6 Å². The molecule has 6 nitrogen and oxygen atoms in total. The smallest absolute Gasteiger partial charge is 0.265 e. The number of aromatic nitrogens is 3. The zero-order valence-electron chi connectivity index (χ0n) is 13.8. The number of nitrogens with one attached hydrogen (secondary N) is 1. The van der Waals surface area contributed by atoms with Crippen LogP contribution in [0.1, 0.15) is 12.7 Å². The van der Waals surface area contributed by atoms with Crippen molar-refractivity contribution in [3.63, 3.8) is 0 Å². The first-order valence-corrected chi connectivity index (χ1v) is 8.11. The molecule has 3 rings (SSSR count). The third-order valence-corrected chi connectivity index (χ3v) is 3.91. The Morgan fingerprint density at radius 3 is 2.68 bits per heavy atom. The fraction of sp³-hybridized carbons (Fsp3) is 0.167. The molecule has 0 saturated carbocycles. The minimum absolute atomic E-state index is 0.284. The SMILES string of the molecule is Cc1nccn1-c1ccc(NC(=O)C(C)Oc2ccccc2Cl)cn1. The number of carbonyl (C=O) groups excluding carboxylic acids is 1. The zero-order valence-corrected chi connectivity index (χ0v) is 14.6. The van der Waals surface area contributed by atoms with E-state index >= 15 is 0 Å². The fourth-order valence-electron chi connectivity index (χ4n) is 2.25. The Labute approximate surface area is 150 Å². The van der Waals surface area contributed by atoms with Crippen LogP contribution in [-0.2, 0) is 4.79 Å². The predicted octanol–water partition coefficient (Wildman–Crippen LogP) is 3.64. The molecular weight excluding hydrogens is 340 g/mol. The molecule has 1 N–H and O–H groups in total. The average molecular weight is 357 g/mol. The number of nitrogens with zero attached hydrogens (tertiary/aromatic N) is 3. The van der Waals surface area contributed by atoms with Crippen LogP contribution in [0.5, 0.6) is 5.75 Å². The lowest BCUT2D eigenvalue weighted by Gasteiger charge is -2.15. The van der Waals surface area contributed by atoms with Gasteiger partial charge in [-0.3, -0.25) is 9.36 Å². The molecule has 0 fully saturated rings. The van der Waals surface area contributed by atoms with Crippen LogP contribution >= 0.6 is 11.6 Å². The van der Waals surface area contributed by atoms with Gasteiger partial charge in [-0.15, -0.1) is 0 Å². The van der Waals surface area contributed by atoms with E-state index in [0.29, 0.717) is 16.5 Å². The van der Waals surface area contributed by atoms with Gasteiger partial charge in [0.05, 0.1) is 16.9 Å². The van der Waals surface area contributed by atoms with Gasteiger partial charge < -0.3 is 10.1 Å². The monoisotopic (exact) mass is 356 g/mol. The van der Waals surface area contributed by atoms with Crippen LogP contribution in [0.4, 0.5) is 5.69 Å². The van der Waals surface area contributed by atoms with E-state index < -0.39 is 6.10 Å². The zero-order chi connectivity index (χ0) is 17.8. The van der Waals surface area contributed by atoms with Crippen molar-refractivity contribution in [2.24, 2.45) is 0 Å². The molecule has 7 heteroatoms. The Balaban J connectivity index is 1.64. The van der Waals surface area contributed by atoms with Crippen LogP contribution < -0.4 is 10.1 Å². The molecule has 2 aromatic heterocycles. The van der Waals surface area contributed by atoms with Crippen molar-refractivity contribution in [2.75, 3.05) is 5.32 Å². The van der Waals surface area contributed by atoms with E-state index in [4.69, 9.17) is 16.3 Å². The summed E-state index contributed by atoms with van der Waals surface area (Å²) >= 11 is 6.04. The first-order valence-electron chi connectivity index (χ1n) is 7.73. The summed E-state index contributed by atoms with van der Waals surface area (Å²) < 4.78 is 7.46. The molecule has 1 amide bonds. The molecule has 0 radical (unpaired) electrons. The van der Waals surface area contributed by atoms with Crippen LogP contribution in [-0.4, -0.2) is 26.5 Å². The van der Waals surface area contributed by atoms with Gasteiger partial charge >= 0.3 is 0 Å². The van der Waals surface area contributed by atoms with E-state index in [-0.39, 0.29) is 5.91 Å². The summed E-state index contributed by atoms with van der Waals surface area (Å²) in [7, 11) is 0. The second-order valence-corrected chi connectivity index (χ2v) is 5.84. The summed E-state index contributed by atoms with van der Waals surface area (Å²) in [6.07, 6.45) is 4.43. The normalized spacial score (nSPS) is 11.8. The van der Waals surface area contributed by atoms with Crippen LogP contribution in [0.15, 0.2) is 55.0 Å². The highest BCUT2D eigenvalue weighted by Gasteiger charge is 2.16. The standard InChI is InChI=1S/C18H17ClN4O2/c1-12(25-16-6-4-3-5-15(16)19)18(24)22-14-7-8-17(21-11-14)23-10-9-20-13(23)2/h3-12H,1-2H3,(H,22,24). The molecule has 1 atom stereocenters. The van der Waals surface area contributed by atoms with Crippen molar-refractivity contribution in [2.45, 2.75) is 20.0 Å². The van der Waals surface area contributed by atoms with E-state index in [9.17, 15) is 4.79 Å². The van der Waals surface area contributed by atoms with Crippen molar-refractivity contribution < 1.29 is 9.53 Å². The maximum Gasteiger partial charge on any atom is 0.265 e. The highest BCUT2D eigenvalue weighted by atomic mass is 35.5. The van der Waals surface area contributed by atoms with Crippen molar-refractivity contribution >= 4 is 23.2 Å². The van der Waals surface area contributed by atoms with Crippen LogP contribution in [0.25, 0.3) is 5.82 Å². The topological polar surface area (TPSA) is 69.0 Å². The van der Waals surface area contributed by atoms with Crippen molar-refractivity contribution in [1.29, 1.82) is 0 Å². The number of anilines is 1. The number of halogens is 1. The van der Waals surface area contributed by atoms with Crippen LogP contribution in [0.3, 0.4) is 0 Å². The molecule has 2 heterocycles. The average Bonchev–Trinajstić information content (AvgIpc) is 3.03. The summed E-state index contributed by atoms with van der Waals surface area (Å²) in [4.78, 5) is 20.8. The Hall–Kier alpha value is -2.86. The lowest BCUT2D eigenvalue weighted by Crippen LogP contribution is -2.30. The number of ether oxygens (including phenoxy) is 1. The highest BCUT2D eigenvalue weighted by molar-refractivity contribution is 6.32. The highest BCUT2D eigenvalue weighted by Crippen LogP contribution is 2.24. The first kappa shape index (κ1) is 17.0. The summed E-state index contributed by atoms with van der Waals surface area (Å²) in [5.41, 5.74) is 0.584. The molecule has 1 unspecified atom stereocenters. The van der Waals surface area contributed by atoms with Crippen LogP contribution in [0, 0.1) is 6.92 Å². The predicted molar refractivity (Wildman–Crippen MR) is 96.3 cm³/mol. The summed E-state index contributed by atoms with van der Waals surface area (Å²) in [6.45, 7) is 3.56. The quantitative estimate of drug-likeness (QED) is 0.757. The van der Waals surface area contributed by atoms with Gasteiger partial charge in [0.2, 0.25) is 0 Å². The number of hydrogen-bond acceptors (Lipinski definition) is 4. The molecule has 0 spiro atoms. The number of para-hydroxylation sites is 1. The van der Waals surface area contributed by atoms with Crippen molar-refractivity contribution in [3.8, 4) is 11.6 Å². The molecular formula is C18H17ClN4O2. The second-order valence-electron chi connectivity index (χ2n) is 5.43. The number of hydrogen-bond donors (Lipinski definition) is 1. The number of pyridine rings is 1.